The van der Waals surface area contributed by atoms with E-state index in [1.807, 2.05) is 0 Å². The minimum absolute atomic E-state index is 0.0107. The van der Waals surface area contributed by atoms with Gasteiger partial charge >= 0.3 is 5.97 Å². The summed E-state index contributed by atoms with van der Waals surface area (Å²) >= 11 is 2.88. The van der Waals surface area contributed by atoms with Crippen molar-refractivity contribution in [3.8, 4) is 0 Å². The summed E-state index contributed by atoms with van der Waals surface area (Å²) in [4.78, 5) is 14.4. The van der Waals surface area contributed by atoms with Crippen molar-refractivity contribution in [1.82, 2.24) is 9.71 Å². The number of carboxylic acids is 1. The highest BCUT2D eigenvalue weighted by molar-refractivity contribution is 9.10. The van der Waals surface area contributed by atoms with Crippen molar-refractivity contribution in [3.63, 3.8) is 0 Å². The monoisotopic (exact) mass is 360 g/mol. The Bertz CT molecular complexity index is 727. The molecule has 2 N–H and O–H groups in total. The molecule has 2 rings (SSSR count). The first-order chi connectivity index (χ1) is 9.40. The number of carboxylic acid groups (broad SMARTS) is 1. The molecule has 0 unspecified atom stereocenters. The van der Waals surface area contributed by atoms with Gasteiger partial charge in [0.2, 0.25) is 15.8 Å². The molecular weight excluding hydrogens is 352 g/mol. The van der Waals surface area contributed by atoms with E-state index in [2.05, 4.69) is 25.6 Å². The van der Waals surface area contributed by atoms with E-state index >= 15 is 0 Å². The highest BCUT2D eigenvalue weighted by atomic mass is 79.9. The molecule has 0 fully saturated rings. The van der Waals surface area contributed by atoms with Crippen LogP contribution in [0.2, 0.25) is 0 Å². The maximum absolute atomic E-state index is 12.0. The van der Waals surface area contributed by atoms with Crippen LogP contribution in [0.1, 0.15) is 16.2 Å². The lowest BCUT2D eigenvalue weighted by Gasteiger charge is -2.04. The first-order valence-corrected chi connectivity index (χ1v) is 7.60. The standard InChI is InChI=1S/C11H9BrN2O5S/c12-10-9(5-8(19-10)11(15)16)20(17,18)14-6-7-3-1-2-4-13-7/h1-5,14H,6H2,(H,15,16). The SMILES string of the molecule is O=C(O)c1cc(S(=O)(=O)NCc2ccccn2)c(Br)o1. The number of rotatable bonds is 5. The summed E-state index contributed by atoms with van der Waals surface area (Å²) in [6.45, 7) is -0.0107. The second kappa shape index (κ2) is 5.73. The van der Waals surface area contributed by atoms with Crippen molar-refractivity contribution in [1.29, 1.82) is 0 Å². The third-order valence-electron chi connectivity index (χ3n) is 2.33. The molecule has 0 radical (unpaired) electrons. The van der Waals surface area contributed by atoms with Crippen molar-refractivity contribution in [2.24, 2.45) is 0 Å². The minimum Gasteiger partial charge on any atom is -0.475 e. The zero-order valence-corrected chi connectivity index (χ0v) is 12.3. The molecule has 2 aromatic heterocycles. The number of hydrogen-bond acceptors (Lipinski definition) is 5. The second-order valence-corrected chi connectivity index (χ2v) is 6.15. The Morgan fingerprint density at radius 2 is 2.20 bits per heavy atom. The van der Waals surface area contributed by atoms with Gasteiger partial charge in [-0.05, 0) is 28.1 Å². The number of nitrogens with one attached hydrogen (secondary N) is 1. The van der Waals surface area contributed by atoms with Crippen molar-refractivity contribution in [2.75, 3.05) is 0 Å². The summed E-state index contributed by atoms with van der Waals surface area (Å²) in [7, 11) is -3.90. The van der Waals surface area contributed by atoms with Gasteiger partial charge in [0.15, 0.2) is 4.67 Å². The van der Waals surface area contributed by atoms with Gasteiger partial charge in [-0.3, -0.25) is 4.98 Å². The molecule has 0 saturated carbocycles. The first kappa shape index (κ1) is 14.7. The lowest BCUT2D eigenvalue weighted by Crippen LogP contribution is -2.23. The molecule has 0 spiro atoms. The third kappa shape index (κ3) is 3.24. The number of carbonyl (C=O) groups is 1. The molecular formula is C11H9BrN2O5S. The molecule has 0 saturated heterocycles. The summed E-state index contributed by atoms with van der Waals surface area (Å²) in [5.41, 5.74) is 0.536. The number of aromatic carboxylic acids is 1. The molecule has 0 aromatic carbocycles. The van der Waals surface area contributed by atoms with Crippen LogP contribution in [0.5, 0.6) is 0 Å². The van der Waals surface area contributed by atoms with Gasteiger partial charge in [-0.25, -0.2) is 17.9 Å². The van der Waals surface area contributed by atoms with Crippen LogP contribution < -0.4 is 4.72 Å². The van der Waals surface area contributed by atoms with E-state index in [0.717, 1.165) is 6.07 Å². The largest absolute Gasteiger partial charge is 0.475 e. The van der Waals surface area contributed by atoms with E-state index in [9.17, 15) is 13.2 Å². The van der Waals surface area contributed by atoms with Crippen LogP contribution in [0.25, 0.3) is 0 Å². The fraction of sp³-hybridized carbons (Fsp3) is 0.0909. The minimum atomic E-state index is -3.90. The zero-order valence-electron chi connectivity index (χ0n) is 9.91. The van der Waals surface area contributed by atoms with Gasteiger partial charge in [0, 0.05) is 12.3 Å². The van der Waals surface area contributed by atoms with Gasteiger partial charge in [0.1, 0.15) is 4.90 Å². The van der Waals surface area contributed by atoms with Crippen LogP contribution in [-0.4, -0.2) is 24.5 Å². The van der Waals surface area contributed by atoms with E-state index in [0.29, 0.717) is 5.69 Å². The highest BCUT2D eigenvalue weighted by Crippen LogP contribution is 2.26. The van der Waals surface area contributed by atoms with Gasteiger partial charge in [0.25, 0.3) is 0 Å². The normalized spacial score (nSPS) is 11.4. The van der Waals surface area contributed by atoms with Gasteiger partial charge in [-0.2, -0.15) is 0 Å². The molecule has 0 aliphatic carbocycles. The van der Waals surface area contributed by atoms with Crippen LogP contribution in [-0.2, 0) is 16.6 Å². The number of sulfonamides is 1. The van der Waals surface area contributed by atoms with Crippen LogP contribution in [0.3, 0.4) is 0 Å². The van der Waals surface area contributed by atoms with E-state index in [4.69, 9.17) is 9.52 Å². The van der Waals surface area contributed by atoms with Crippen LogP contribution >= 0.6 is 15.9 Å². The smallest absolute Gasteiger partial charge is 0.371 e. The molecule has 2 aromatic rings. The Kier molecular flexibility index (Phi) is 4.21. The van der Waals surface area contributed by atoms with Crippen LogP contribution in [0.4, 0.5) is 0 Å². The summed E-state index contributed by atoms with van der Waals surface area (Å²) < 4.78 is 31.0. The molecule has 0 atom stereocenters. The zero-order chi connectivity index (χ0) is 14.8. The number of furan rings is 1. The predicted octanol–water partition coefficient (Wildman–Crippen LogP) is 1.61. The first-order valence-electron chi connectivity index (χ1n) is 5.32. The van der Waals surface area contributed by atoms with E-state index < -0.39 is 21.8 Å². The maximum atomic E-state index is 12.0. The average Bonchev–Trinajstić information content (AvgIpc) is 2.81. The molecule has 106 valence electrons. The van der Waals surface area contributed by atoms with Crippen LogP contribution in [0.15, 0.2) is 44.4 Å². The van der Waals surface area contributed by atoms with E-state index in [-0.39, 0.29) is 16.1 Å². The average molecular weight is 361 g/mol. The van der Waals surface area contributed by atoms with Gasteiger partial charge < -0.3 is 9.52 Å². The Morgan fingerprint density at radius 3 is 2.75 bits per heavy atom. The Hall–Kier alpha value is -1.71. The third-order valence-corrected chi connectivity index (χ3v) is 4.58. The molecule has 20 heavy (non-hydrogen) atoms. The van der Waals surface area contributed by atoms with Gasteiger partial charge in [-0.15, -0.1) is 0 Å². The molecule has 0 bridgehead atoms. The van der Waals surface area contributed by atoms with Crippen molar-refractivity contribution in [2.45, 2.75) is 11.4 Å². The quantitative estimate of drug-likeness (QED) is 0.838. The highest BCUT2D eigenvalue weighted by Gasteiger charge is 2.24. The number of nitrogens with zero attached hydrogens (tertiary/aromatic N) is 1. The Morgan fingerprint density at radius 1 is 1.45 bits per heavy atom. The molecule has 9 heteroatoms. The maximum Gasteiger partial charge on any atom is 0.371 e. The van der Waals surface area contributed by atoms with Crippen molar-refractivity contribution < 1.29 is 22.7 Å². The van der Waals surface area contributed by atoms with Crippen LogP contribution in [0, 0.1) is 0 Å². The van der Waals surface area contributed by atoms with Crippen molar-refractivity contribution >= 4 is 31.9 Å². The Balaban J connectivity index is 2.20. The predicted molar refractivity (Wildman–Crippen MR) is 71.6 cm³/mol. The van der Waals surface area contributed by atoms with Gasteiger partial charge in [0.05, 0.1) is 12.2 Å². The summed E-state index contributed by atoms with van der Waals surface area (Å²) in [6, 6.07) is 6.04. The molecule has 0 amide bonds. The van der Waals surface area contributed by atoms with Gasteiger partial charge in [-0.1, -0.05) is 6.07 Å². The molecule has 0 aliphatic heterocycles. The molecule has 2 heterocycles. The lowest BCUT2D eigenvalue weighted by molar-refractivity contribution is 0.0661. The summed E-state index contributed by atoms with van der Waals surface area (Å²) in [5.74, 6) is -1.81. The molecule has 0 aliphatic rings. The van der Waals surface area contributed by atoms with Crippen molar-refractivity contribution in [3.05, 3.63) is 46.6 Å². The lowest BCUT2D eigenvalue weighted by atomic mass is 10.4. The summed E-state index contributed by atoms with van der Waals surface area (Å²) in [6.07, 6.45) is 1.54. The number of pyridine rings is 1. The second-order valence-electron chi connectivity index (χ2n) is 3.70. The topological polar surface area (TPSA) is 110 Å². The fourth-order valence-corrected chi connectivity index (χ4v) is 3.33. The van der Waals surface area contributed by atoms with E-state index in [1.54, 1.807) is 24.4 Å². The Labute approximate surface area is 122 Å². The number of aromatic nitrogens is 1. The summed E-state index contributed by atoms with van der Waals surface area (Å²) in [5, 5.41) is 8.76. The fourth-order valence-electron chi connectivity index (χ4n) is 1.39. The number of halogens is 1. The van der Waals surface area contributed by atoms with E-state index in [1.165, 1.54) is 0 Å². The number of hydrogen-bond donors (Lipinski definition) is 2. The molecule has 7 nitrogen and oxygen atoms in total.